The Morgan fingerprint density at radius 3 is 2.83 bits per heavy atom. The van der Waals surface area contributed by atoms with Crippen LogP contribution in [0, 0.1) is 5.92 Å². The van der Waals surface area contributed by atoms with E-state index < -0.39 is 9.05 Å². The Morgan fingerprint density at radius 2 is 2.22 bits per heavy atom. The van der Waals surface area contributed by atoms with Crippen LogP contribution in [0.25, 0.3) is 0 Å². The summed E-state index contributed by atoms with van der Waals surface area (Å²) in [6, 6.07) is 5.49. The van der Waals surface area contributed by atoms with Gasteiger partial charge in [0.25, 0.3) is 0 Å². The molecule has 0 radical (unpaired) electrons. The number of rotatable bonds is 4. The highest BCUT2D eigenvalue weighted by Crippen LogP contribution is 2.22. The predicted molar refractivity (Wildman–Crippen MR) is 67.4 cm³/mol. The molecular weight excluding hydrogens is 276 g/mol. The van der Waals surface area contributed by atoms with Gasteiger partial charge in [0.05, 0.1) is 18.0 Å². The first-order chi connectivity index (χ1) is 8.44. The molecule has 0 saturated carbocycles. The lowest BCUT2D eigenvalue weighted by Crippen LogP contribution is -2.25. The maximum absolute atomic E-state index is 11.7. The molecule has 2 heterocycles. The Kier molecular flexibility index (Phi) is 3.87. The number of carbonyl (C=O) groups is 1. The molecule has 18 heavy (non-hydrogen) atoms. The van der Waals surface area contributed by atoms with Crippen molar-refractivity contribution >= 4 is 25.6 Å². The molecule has 1 fully saturated rings. The van der Waals surface area contributed by atoms with Crippen LogP contribution in [0.5, 0.6) is 0 Å². The summed E-state index contributed by atoms with van der Waals surface area (Å²) >= 11 is 0. The number of likely N-dealkylation sites (tertiary alicyclic amines) is 1. The number of amides is 1. The molecule has 0 N–H and O–H groups in total. The fraction of sp³-hybridized carbons (Fsp3) is 0.455. The maximum atomic E-state index is 11.7. The minimum absolute atomic E-state index is 0.0500. The average Bonchev–Trinajstić information content (AvgIpc) is 2.58. The minimum atomic E-state index is -3.55. The van der Waals surface area contributed by atoms with Gasteiger partial charge in [-0.3, -0.25) is 9.78 Å². The number of pyridine rings is 1. The largest absolute Gasteiger partial charge is 0.336 e. The molecule has 7 heteroatoms. The zero-order chi connectivity index (χ0) is 13.2. The summed E-state index contributed by atoms with van der Waals surface area (Å²) in [5.74, 6) is -0.423. The summed E-state index contributed by atoms with van der Waals surface area (Å²) in [5.41, 5.74) is 0.792. The van der Waals surface area contributed by atoms with Crippen molar-refractivity contribution in [1.29, 1.82) is 0 Å². The molecule has 0 aromatic carbocycles. The standard InChI is InChI=1S/C11H13ClN2O3S/c12-18(16,17)8-9-5-11(15)14(6-9)7-10-3-1-2-4-13-10/h1-4,9H,5-8H2. The summed E-state index contributed by atoms with van der Waals surface area (Å²) in [7, 11) is 1.65. The Hall–Kier alpha value is -1.14. The summed E-state index contributed by atoms with van der Waals surface area (Å²) in [6.45, 7) is 0.833. The van der Waals surface area contributed by atoms with Gasteiger partial charge in [-0.05, 0) is 12.1 Å². The van der Waals surface area contributed by atoms with E-state index in [-0.39, 0.29) is 24.0 Å². The second kappa shape index (κ2) is 5.24. The monoisotopic (exact) mass is 288 g/mol. The van der Waals surface area contributed by atoms with E-state index in [1.165, 1.54) is 0 Å². The van der Waals surface area contributed by atoms with E-state index in [0.717, 1.165) is 5.69 Å². The maximum Gasteiger partial charge on any atom is 0.232 e. The quantitative estimate of drug-likeness (QED) is 0.775. The van der Waals surface area contributed by atoms with Gasteiger partial charge >= 0.3 is 0 Å². The highest BCUT2D eigenvalue weighted by Gasteiger charge is 2.32. The first kappa shape index (κ1) is 13.3. The number of hydrogen-bond acceptors (Lipinski definition) is 4. The first-order valence-electron chi connectivity index (χ1n) is 5.54. The summed E-state index contributed by atoms with van der Waals surface area (Å²) in [6.07, 6.45) is 1.90. The lowest BCUT2D eigenvalue weighted by Gasteiger charge is -2.15. The molecule has 1 amide bonds. The average molecular weight is 289 g/mol. The van der Waals surface area contributed by atoms with Gasteiger partial charge in [0, 0.05) is 35.8 Å². The van der Waals surface area contributed by atoms with Crippen molar-refractivity contribution in [1.82, 2.24) is 9.88 Å². The second-order valence-corrected chi connectivity index (χ2v) is 7.19. The number of carbonyl (C=O) groups excluding carboxylic acids is 1. The van der Waals surface area contributed by atoms with E-state index in [1.54, 1.807) is 17.2 Å². The fourth-order valence-corrected chi connectivity index (χ4v) is 3.41. The van der Waals surface area contributed by atoms with Gasteiger partial charge in [0.2, 0.25) is 15.0 Å². The van der Waals surface area contributed by atoms with Crippen LogP contribution in [0.15, 0.2) is 24.4 Å². The van der Waals surface area contributed by atoms with E-state index in [0.29, 0.717) is 13.1 Å². The Balaban J connectivity index is 1.98. The number of nitrogens with zero attached hydrogens (tertiary/aromatic N) is 2. The molecule has 1 aliphatic rings. The molecule has 1 aliphatic heterocycles. The van der Waals surface area contributed by atoms with E-state index in [9.17, 15) is 13.2 Å². The molecular formula is C11H13ClN2O3S. The number of aromatic nitrogens is 1. The molecule has 5 nitrogen and oxygen atoms in total. The van der Waals surface area contributed by atoms with Crippen molar-refractivity contribution in [3.63, 3.8) is 0 Å². The summed E-state index contributed by atoms with van der Waals surface area (Å²) in [4.78, 5) is 17.5. The SMILES string of the molecule is O=C1CC(CS(=O)(=O)Cl)CN1Cc1ccccn1. The Bertz CT molecular complexity index is 532. The molecule has 0 spiro atoms. The fourth-order valence-electron chi connectivity index (χ4n) is 2.09. The van der Waals surface area contributed by atoms with Gasteiger partial charge in [-0.2, -0.15) is 0 Å². The van der Waals surface area contributed by atoms with Gasteiger partial charge < -0.3 is 4.90 Å². The summed E-state index contributed by atoms with van der Waals surface area (Å²) < 4.78 is 22.0. The van der Waals surface area contributed by atoms with Crippen LogP contribution in [-0.2, 0) is 20.4 Å². The smallest absolute Gasteiger partial charge is 0.232 e. The third kappa shape index (κ3) is 3.68. The minimum Gasteiger partial charge on any atom is -0.336 e. The van der Waals surface area contributed by atoms with E-state index >= 15 is 0 Å². The first-order valence-corrected chi connectivity index (χ1v) is 8.02. The van der Waals surface area contributed by atoms with Crippen LogP contribution < -0.4 is 0 Å². The van der Waals surface area contributed by atoms with Gasteiger partial charge in [0.15, 0.2) is 0 Å². The van der Waals surface area contributed by atoms with Crippen molar-refractivity contribution in [3.05, 3.63) is 30.1 Å². The molecule has 2 rings (SSSR count). The lowest BCUT2D eigenvalue weighted by atomic mass is 10.1. The molecule has 1 atom stereocenters. The normalized spacial score (nSPS) is 20.4. The lowest BCUT2D eigenvalue weighted by molar-refractivity contribution is -0.128. The molecule has 1 unspecified atom stereocenters. The molecule has 0 aliphatic carbocycles. The van der Waals surface area contributed by atoms with Crippen LogP contribution in [0.4, 0.5) is 0 Å². The second-order valence-electron chi connectivity index (χ2n) is 4.37. The van der Waals surface area contributed by atoms with Gasteiger partial charge in [-0.1, -0.05) is 6.07 Å². The molecule has 0 bridgehead atoms. The molecule has 98 valence electrons. The van der Waals surface area contributed by atoms with Crippen molar-refractivity contribution < 1.29 is 13.2 Å². The van der Waals surface area contributed by atoms with E-state index in [4.69, 9.17) is 10.7 Å². The summed E-state index contributed by atoms with van der Waals surface area (Å²) in [5, 5.41) is 0. The van der Waals surface area contributed by atoms with Crippen LogP contribution in [-0.4, -0.2) is 36.5 Å². The highest BCUT2D eigenvalue weighted by atomic mass is 35.7. The van der Waals surface area contributed by atoms with Crippen LogP contribution in [0.1, 0.15) is 12.1 Å². The Labute approximate surface area is 110 Å². The van der Waals surface area contributed by atoms with Crippen molar-refractivity contribution in [3.8, 4) is 0 Å². The Morgan fingerprint density at radius 1 is 1.44 bits per heavy atom. The van der Waals surface area contributed by atoms with Gasteiger partial charge in [-0.25, -0.2) is 8.42 Å². The topological polar surface area (TPSA) is 67.3 Å². The molecule has 1 aromatic rings. The third-order valence-corrected chi connectivity index (χ3v) is 4.06. The highest BCUT2D eigenvalue weighted by molar-refractivity contribution is 8.13. The van der Waals surface area contributed by atoms with E-state index in [2.05, 4.69) is 4.98 Å². The van der Waals surface area contributed by atoms with Crippen molar-refractivity contribution in [2.75, 3.05) is 12.3 Å². The molecule has 1 saturated heterocycles. The zero-order valence-corrected chi connectivity index (χ0v) is 11.2. The predicted octanol–water partition coefficient (Wildman–Crippen LogP) is 0.999. The van der Waals surface area contributed by atoms with Crippen molar-refractivity contribution in [2.45, 2.75) is 13.0 Å². The van der Waals surface area contributed by atoms with Crippen LogP contribution in [0.2, 0.25) is 0 Å². The van der Waals surface area contributed by atoms with Gasteiger partial charge in [0.1, 0.15) is 0 Å². The van der Waals surface area contributed by atoms with Crippen LogP contribution in [0.3, 0.4) is 0 Å². The van der Waals surface area contributed by atoms with E-state index in [1.807, 2.05) is 12.1 Å². The number of halogens is 1. The number of hydrogen-bond donors (Lipinski definition) is 0. The van der Waals surface area contributed by atoms with Crippen molar-refractivity contribution in [2.24, 2.45) is 5.92 Å². The zero-order valence-electron chi connectivity index (χ0n) is 9.62. The van der Waals surface area contributed by atoms with Gasteiger partial charge in [-0.15, -0.1) is 0 Å². The third-order valence-electron chi connectivity index (χ3n) is 2.81. The molecule has 1 aromatic heterocycles. The van der Waals surface area contributed by atoms with Crippen LogP contribution >= 0.6 is 10.7 Å².